The van der Waals surface area contributed by atoms with Gasteiger partial charge in [-0.3, -0.25) is 0 Å². The van der Waals surface area contributed by atoms with Crippen molar-refractivity contribution >= 4 is 5.82 Å². The molecule has 3 heterocycles. The third-order valence-electron chi connectivity index (χ3n) is 5.47. The van der Waals surface area contributed by atoms with Crippen molar-refractivity contribution in [3.05, 3.63) is 54.0 Å². The van der Waals surface area contributed by atoms with Gasteiger partial charge < -0.3 is 9.64 Å². The van der Waals surface area contributed by atoms with Crippen LogP contribution in [0.3, 0.4) is 0 Å². The molecule has 0 saturated carbocycles. The van der Waals surface area contributed by atoms with Crippen molar-refractivity contribution in [2.24, 2.45) is 5.92 Å². The molecule has 1 saturated heterocycles. The minimum absolute atomic E-state index is 0.0603. The Morgan fingerprint density at radius 2 is 2.16 bits per heavy atom. The molecular weight excluding hydrogens is 402 g/mol. The number of alkyl halides is 2. The summed E-state index contributed by atoms with van der Waals surface area (Å²) in [4.78, 5) is 11.0. The van der Waals surface area contributed by atoms with Crippen molar-refractivity contribution < 1.29 is 13.5 Å². The number of nitrogens with zero attached hydrogens (tertiary/aromatic N) is 6. The summed E-state index contributed by atoms with van der Waals surface area (Å²) in [5.74, 6) is 1.59. The average Bonchev–Trinajstić information content (AvgIpc) is 3.46. The Morgan fingerprint density at radius 3 is 3.00 bits per heavy atom. The molecular formula is C22H26F2N6O. The summed E-state index contributed by atoms with van der Waals surface area (Å²) in [5, 5.41) is 8.06. The Labute approximate surface area is 180 Å². The van der Waals surface area contributed by atoms with Crippen LogP contribution < -0.4 is 9.64 Å². The molecule has 9 heteroatoms. The van der Waals surface area contributed by atoms with Crippen LogP contribution in [0.5, 0.6) is 6.01 Å². The van der Waals surface area contributed by atoms with Gasteiger partial charge in [-0.1, -0.05) is 37.1 Å². The van der Waals surface area contributed by atoms with Gasteiger partial charge in [-0.25, -0.2) is 18.4 Å². The zero-order chi connectivity index (χ0) is 21.6. The monoisotopic (exact) mass is 428 g/mol. The van der Waals surface area contributed by atoms with E-state index in [2.05, 4.69) is 32.1 Å². The van der Waals surface area contributed by atoms with Crippen molar-refractivity contribution in [1.82, 2.24) is 25.0 Å². The van der Waals surface area contributed by atoms with Gasteiger partial charge in [0.25, 0.3) is 6.43 Å². The van der Waals surface area contributed by atoms with E-state index in [-0.39, 0.29) is 18.2 Å². The van der Waals surface area contributed by atoms with Crippen LogP contribution in [0.2, 0.25) is 0 Å². The van der Waals surface area contributed by atoms with E-state index in [1.54, 1.807) is 24.5 Å². The molecule has 3 aromatic rings. The lowest BCUT2D eigenvalue weighted by atomic mass is 10.0. The standard InChI is InChI=1S/C22H26F2N6O/c1-2-3-5-16-9-11-29(13-16)20-8-10-25-22(26-20)31-15-18-14-30(28-27-18)19-7-4-6-17(12-19)21(23)24/h4,6-8,10,12,14,16,21H,2-3,5,9,11,13,15H2,1H3. The quantitative estimate of drug-likeness (QED) is 0.497. The molecule has 4 rings (SSSR count). The summed E-state index contributed by atoms with van der Waals surface area (Å²) in [7, 11) is 0. The zero-order valence-electron chi connectivity index (χ0n) is 17.5. The van der Waals surface area contributed by atoms with E-state index >= 15 is 0 Å². The molecule has 1 aromatic carbocycles. The van der Waals surface area contributed by atoms with Crippen molar-refractivity contribution in [1.29, 1.82) is 0 Å². The van der Waals surface area contributed by atoms with E-state index in [0.717, 1.165) is 24.8 Å². The lowest BCUT2D eigenvalue weighted by Gasteiger charge is -2.17. The molecule has 1 atom stereocenters. The van der Waals surface area contributed by atoms with Gasteiger partial charge >= 0.3 is 6.01 Å². The molecule has 2 aromatic heterocycles. The number of halogens is 2. The normalized spacial score (nSPS) is 16.3. The van der Waals surface area contributed by atoms with Crippen LogP contribution in [0.4, 0.5) is 14.6 Å². The van der Waals surface area contributed by atoms with Crippen LogP contribution in [-0.2, 0) is 6.61 Å². The van der Waals surface area contributed by atoms with Gasteiger partial charge in [-0.05, 0) is 37.0 Å². The Kier molecular flexibility index (Phi) is 6.69. The molecule has 0 spiro atoms. The van der Waals surface area contributed by atoms with Crippen LogP contribution in [-0.4, -0.2) is 38.1 Å². The molecule has 1 fully saturated rings. The molecule has 31 heavy (non-hydrogen) atoms. The van der Waals surface area contributed by atoms with Crippen LogP contribution in [0.1, 0.15) is 50.3 Å². The van der Waals surface area contributed by atoms with Gasteiger partial charge in [0, 0.05) is 24.8 Å². The number of ether oxygens (including phenoxy) is 1. The predicted octanol–water partition coefficient (Wildman–Crippen LogP) is 4.59. The fraction of sp³-hybridized carbons (Fsp3) is 0.455. The Morgan fingerprint density at radius 1 is 1.26 bits per heavy atom. The molecule has 7 nitrogen and oxygen atoms in total. The molecule has 164 valence electrons. The minimum Gasteiger partial charge on any atom is -0.457 e. The maximum Gasteiger partial charge on any atom is 0.318 e. The lowest BCUT2D eigenvalue weighted by Crippen LogP contribution is -2.21. The minimum atomic E-state index is -2.53. The number of anilines is 1. The highest BCUT2D eigenvalue weighted by Crippen LogP contribution is 2.26. The highest BCUT2D eigenvalue weighted by atomic mass is 19.3. The van der Waals surface area contributed by atoms with Gasteiger partial charge in [0.05, 0.1) is 11.9 Å². The first-order valence-electron chi connectivity index (χ1n) is 10.6. The second kappa shape index (κ2) is 9.80. The van der Waals surface area contributed by atoms with Crippen molar-refractivity contribution in [3.8, 4) is 11.7 Å². The summed E-state index contributed by atoms with van der Waals surface area (Å²) < 4.78 is 33.0. The van der Waals surface area contributed by atoms with Gasteiger partial charge in [0.1, 0.15) is 18.1 Å². The van der Waals surface area contributed by atoms with E-state index in [1.165, 1.54) is 42.5 Å². The second-order valence-corrected chi connectivity index (χ2v) is 7.78. The molecule has 1 aliphatic rings. The third kappa shape index (κ3) is 5.34. The van der Waals surface area contributed by atoms with Gasteiger partial charge in [0.15, 0.2) is 0 Å². The maximum atomic E-state index is 12.9. The lowest BCUT2D eigenvalue weighted by molar-refractivity contribution is 0.151. The van der Waals surface area contributed by atoms with Gasteiger partial charge in [-0.15, -0.1) is 5.10 Å². The first-order chi connectivity index (χ1) is 15.1. The largest absolute Gasteiger partial charge is 0.457 e. The van der Waals surface area contributed by atoms with E-state index in [4.69, 9.17) is 4.74 Å². The molecule has 0 radical (unpaired) electrons. The predicted molar refractivity (Wildman–Crippen MR) is 113 cm³/mol. The van der Waals surface area contributed by atoms with Crippen molar-refractivity contribution in [3.63, 3.8) is 0 Å². The maximum absolute atomic E-state index is 12.9. The third-order valence-corrected chi connectivity index (χ3v) is 5.47. The first-order valence-corrected chi connectivity index (χ1v) is 10.6. The van der Waals surface area contributed by atoms with Crippen LogP contribution in [0.15, 0.2) is 42.7 Å². The molecule has 0 bridgehead atoms. The highest BCUT2D eigenvalue weighted by molar-refractivity contribution is 5.39. The number of hydrogen-bond acceptors (Lipinski definition) is 6. The summed E-state index contributed by atoms with van der Waals surface area (Å²) in [5.41, 5.74) is 1.01. The molecule has 1 unspecified atom stereocenters. The molecule has 1 aliphatic heterocycles. The van der Waals surface area contributed by atoms with E-state index < -0.39 is 6.43 Å². The average molecular weight is 428 g/mol. The number of hydrogen-bond donors (Lipinski definition) is 0. The van der Waals surface area contributed by atoms with Crippen LogP contribution in [0, 0.1) is 5.92 Å². The second-order valence-electron chi connectivity index (χ2n) is 7.78. The number of rotatable bonds is 9. The van der Waals surface area contributed by atoms with Crippen LogP contribution in [0.25, 0.3) is 5.69 Å². The van der Waals surface area contributed by atoms with Crippen molar-refractivity contribution in [2.75, 3.05) is 18.0 Å². The fourth-order valence-corrected chi connectivity index (χ4v) is 3.78. The number of unbranched alkanes of at least 4 members (excludes halogenated alkanes) is 1. The Hall–Kier alpha value is -3.10. The highest BCUT2D eigenvalue weighted by Gasteiger charge is 2.23. The van der Waals surface area contributed by atoms with Crippen molar-refractivity contribution in [2.45, 2.75) is 45.6 Å². The van der Waals surface area contributed by atoms with E-state index in [0.29, 0.717) is 11.4 Å². The fourth-order valence-electron chi connectivity index (χ4n) is 3.78. The molecule has 0 aliphatic carbocycles. The molecule has 0 N–H and O–H groups in total. The Balaban J connectivity index is 1.36. The zero-order valence-corrected chi connectivity index (χ0v) is 17.5. The van der Waals surface area contributed by atoms with E-state index in [9.17, 15) is 8.78 Å². The summed E-state index contributed by atoms with van der Waals surface area (Å²) in [6, 6.07) is 8.22. The number of aromatic nitrogens is 5. The summed E-state index contributed by atoms with van der Waals surface area (Å²) in [6.45, 7) is 4.37. The molecule has 0 amide bonds. The van der Waals surface area contributed by atoms with Crippen LogP contribution >= 0.6 is 0 Å². The topological polar surface area (TPSA) is 69.0 Å². The SMILES string of the molecule is CCCCC1CCN(c2ccnc(OCc3cn(-c4cccc(C(F)F)c4)nn3)n2)C1. The first kappa shape index (κ1) is 21.1. The van der Waals surface area contributed by atoms with E-state index in [1.807, 2.05) is 6.07 Å². The van der Waals surface area contributed by atoms with Gasteiger partial charge in [-0.2, -0.15) is 4.98 Å². The summed E-state index contributed by atoms with van der Waals surface area (Å²) in [6.07, 6.45) is 5.76. The van der Waals surface area contributed by atoms with Gasteiger partial charge in [0.2, 0.25) is 0 Å². The Bertz CT molecular complexity index is 995. The smallest absolute Gasteiger partial charge is 0.318 e. The summed E-state index contributed by atoms with van der Waals surface area (Å²) >= 11 is 0. The number of benzene rings is 1.